The monoisotopic (exact) mass is 338 g/mol. The highest BCUT2D eigenvalue weighted by atomic mass is 35.5. The maximum absolute atomic E-state index is 11.9. The summed E-state index contributed by atoms with van der Waals surface area (Å²) in [4.78, 5) is 27.4. The summed E-state index contributed by atoms with van der Waals surface area (Å²) in [6.07, 6.45) is 2.87. The van der Waals surface area contributed by atoms with Crippen molar-refractivity contribution in [1.82, 2.24) is 15.1 Å². The van der Waals surface area contributed by atoms with Crippen LogP contribution < -0.4 is 4.90 Å². The average molecular weight is 339 g/mol. The first kappa shape index (κ1) is 15.7. The van der Waals surface area contributed by atoms with E-state index in [0.29, 0.717) is 12.4 Å². The van der Waals surface area contributed by atoms with Gasteiger partial charge in [-0.05, 0) is 32.1 Å². The van der Waals surface area contributed by atoms with Gasteiger partial charge in [0.05, 0.1) is 6.54 Å². The standard InChI is InChI=1S/C14H15ClN4O4/c1-18-7-2-8-19(11-4-3-10(15)16-17-11)14(9-18)22-12(20)5-6-13(21)23-14/h3-6H,2,7-9H2,1H3. The number of carbonyl (C=O) groups is 2. The molecule has 1 aromatic heterocycles. The van der Waals surface area contributed by atoms with Crippen LogP contribution in [0.15, 0.2) is 24.3 Å². The first-order valence-electron chi connectivity index (χ1n) is 7.08. The van der Waals surface area contributed by atoms with Gasteiger partial charge in [-0.15, -0.1) is 10.2 Å². The van der Waals surface area contributed by atoms with Crippen molar-refractivity contribution in [3.05, 3.63) is 29.4 Å². The number of rotatable bonds is 1. The normalized spacial score (nSPS) is 21.6. The fourth-order valence-electron chi connectivity index (χ4n) is 2.63. The van der Waals surface area contributed by atoms with Crippen molar-refractivity contribution in [1.29, 1.82) is 0 Å². The average Bonchev–Trinajstić information content (AvgIpc) is 2.73. The van der Waals surface area contributed by atoms with Crippen LogP contribution >= 0.6 is 11.6 Å². The van der Waals surface area contributed by atoms with Gasteiger partial charge in [0.2, 0.25) is 0 Å². The van der Waals surface area contributed by atoms with E-state index in [-0.39, 0.29) is 11.7 Å². The minimum absolute atomic E-state index is 0.191. The van der Waals surface area contributed by atoms with E-state index < -0.39 is 17.8 Å². The lowest BCUT2D eigenvalue weighted by molar-refractivity contribution is -0.223. The molecule has 1 aromatic rings. The summed E-state index contributed by atoms with van der Waals surface area (Å²) in [6, 6.07) is 3.22. The zero-order chi connectivity index (χ0) is 16.4. The summed E-state index contributed by atoms with van der Waals surface area (Å²) >= 11 is 5.77. The molecule has 0 aromatic carbocycles. The van der Waals surface area contributed by atoms with E-state index in [1.54, 1.807) is 17.0 Å². The highest BCUT2D eigenvalue weighted by molar-refractivity contribution is 6.29. The summed E-state index contributed by atoms with van der Waals surface area (Å²) in [5, 5.41) is 8.07. The van der Waals surface area contributed by atoms with Crippen molar-refractivity contribution >= 4 is 29.4 Å². The van der Waals surface area contributed by atoms with Crippen molar-refractivity contribution in [2.45, 2.75) is 12.3 Å². The quantitative estimate of drug-likeness (QED) is 0.688. The van der Waals surface area contributed by atoms with E-state index in [0.717, 1.165) is 25.1 Å². The van der Waals surface area contributed by atoms with Crippen LogP contribution in [0.4, 0.5) is 5.82 Å². The SMILES string of the molecule is CN1CCCN(c2ccc(Cl)nn2)C2(C1)OC(=O)C=CC(=O)O2. The molecule has 0 N–H and O–H groups in total. The molecule has 0 atom stereocenters. The zero-order valence-corrected chi connectivity index (χ0v) is 13.2. The first-order valence-corrected chi connectivity index (χ1v) is 7.46. The largest absolute Gasteiger partial charge is 0.399 e. The molecule has 0 amide bonds. The van der Waals surface area contributed by atoms with Gasteiger partial charge in [0.25, 0.3) is 0 Å². The number of halogens is 1. The van der Waals surface area contributed by atoms with Gasteiger partial charge in [0.15, 0.2) is 11.0 Å². The molecular formula is C14H15ClN4O4. The summed E-state index contributed by atoms with van der Waals surface area (Å²) in [5.74, 6) is -2.49. The first-order chi connectivity index (χ1) is 11.0. The van der Waals surface area contributed by atoms with Gasteiger partial charge in [-0.1, -0.05) is 11.6 Å². The topological polar surface area (TPSA) is 84.9 Å². The van der Waals surface area contributed by atoms with Crippen molar-refractivity contribution in [2.24, 2.45) is 0 Å². The second-order valence-corrected chi connectivity index (χ2v) is 5.73. The Morgan fingerprint density at radius 2 is 1.83 bits per heavy atom. The fraction of sp³-hybridized carbons (Fsp3) is 0.429. The zero-order valence-electron chi connectivity index (χ0n) is 12.4. The molecule has 0 bridgehead atoms. The smallest absolute Gasteiger partial charge is 0.357 e. The molecule has 3 rings (SSSR count). The van der Waals surface area contributed by atoms with E-state index in [2.05, 4.69) is 10.2 Å². The molecule has 0 unspecified atom stereocenters. The molecule has 2 aliphatic heterocycles. The maximum atomic E-state index is 11.9. The second kappa shape index (κ2) is 6.13. The summed E-state index contributed by atoms with van der Waals surface area (Å²) in [6.45, 7) is 1.42. The molecule has 3 heterocycles. The predicted octanol–water partition coefficient (Wildman–Crippen LogP) is 0.582. The van der Waals surface area contributed by atoms with Gasteiger partial charge in [-0.2, -0.15) is 0 Å². The van der Waals surface area contributed by atoms with Crippen LogP contribution in [0.1, 0.15) is 6.42 Å². The van der Waals surface area contributed by atoms with Crippen LogP contribution in [-0.4, -0.2) is 59.6 Å². The van der Waals surface area contributed by atoms with Gasteiger partial charge < -0.3 is 9.47 Å². The van der Waals surface area contributed by atoms with Gasteiger partial charge in [0, 0.05) is 18.7 Å². The Morgan fingerprint density at radius 1 is 1.13 bits per heavy atom. The number of likely N-dealkylation sites (N-methyl/N-ethyl adjacent to an activating group) is 1. The summed E-state index contributed by atoms with van der Waals surface area (Å²) in [5.41, 5.74) is 0. The van der Waals surface area contributed by atoms with Crippen LogP contribution in [-0.2, 0) is 19.1 Å². The number of hydrogen-bond acceptors (Lipinski definition) is 8. The molecule has 2 aliphatic rings. The van der Waals surface area contributed by atoms with E-state index >= 15 is 0 Å². The van der Waals surface area contributed by atoms with E-state index in [1.165, 1.54) is 0 Å². The highest BCUT2D eigenvalue weighted by Gasteiger charge is 2.48. The van der Waals surface area contributed by atoms with E-state index in [1.807, 2.05) is 11.9 Å². The Balaban J connectivity index is 2.04. The minimum atomic E-state index is -1.59. The number of aromatic nitrogens is 2. The molecule has 0 saturated carbocycles. The van der Waals surface area contributed by atoms with Crippen molar-refractivity contribution < 1.29 is 19.1 Å². The number of nitrogens with zero attached hydrogens (tertiary/aromatic N) is 4. The summed E-state index contributed by atoms with van der Waals surface area (Å²) < 4.78 is 10.9. The molecule has 23 heavy (non-hydrogen) atoms. The second-order valence-electron chi connectivity index (χ2n) is 5.35. The molecule has 122 valence electrons. The number of hydrogen-bond donors (Lipinski definition) is 0. The third-order valence-corrected chi connectivity index (χ3v) is 3.77. The molecular weight excluding hydrogens is 324 g/mol. The van der Waals surface area contributed by atoms with Crippen molar-refractivity contribution in [2.75, 3.05) is 31.6 Å². The van der Waals surface area contributed by atoms with Crippen molar-refractivity contribution in [3.63, 3.8) is 0 Å². The Labute approximate surface area is 137 Å². The molecule has 8 nitrogen and oxygen atoms in total. The minimum Gasteiger partial charge on any atom is -0.399 e. The van der Waals surface area contributed by atoms with Gasteiger partial charge >= 0.3 is 17.8 Å². The lowest BCUT2D eigenvalue weighted by Gasteiger charge is -2.40. The van der Waals surface area contributed by atoms with Gasteiger partial charge in [-0.25, -0.2) is 9.59 Å². The summed E-state index contributed by atoms with van der Waals surface area (Å²) in [7, 11) is 1.86. The highest BCUT2D eigenvalue weighted by Crippen LogP contribution is 2.30. The lowest BCUT2D eigenvalue weighted by Crippen LogP contribution is -2.59. The van der Waals surface area contributed by atoms with E-state index in [4.69, 9.17) is 21.1 Å². The Kier molecular flexibility index (Phi) is 4.18. The van der Waals surface area contributed by atoms with Gasteiger partial charge in [-0.3, -0.25) is 9.80 Å². The predicted molar refractivity (Wildman–Crippen MR) is 80.6 cm³/mol. The van der Waals surface area contributed by atoms with Gasteiger partial charge in [0.1, 0.15) is 0 Å². The molecule has 9 heteroatoms. The third-order valence-electron chi connectivity index (χ3n) is 3.57. The number of carbonyl (C=O) groups excluding carboxylic acids is 2. The molecule has 1 spiro atoms. The van der Waals surface area contributed by atoms with Crippen LogP contribution in [0.5, 0.6) is 0 Å². The number of ether oxygens (including phenoxy) is 2. The molecule has 0 radical (unpaired) electrons. The Bertz CT molecular complexity index is 629. The molecule has 0 aliphatic carbocycles. The van der Waals surface area contributed by atoms with Crippen molar-refractivity contribution in [3.8, 4) is 0 Å². The van der Waals surface area contributed by atoms with Crippen LogP contribution in [0.2, 0.25) is 5.15 Å². The Morgan fingerprint density at radius 3 is 2.43 bits per heavy atom. The maximum Gasteiger partial charge on any atom is 0.357 e. The van der Waals surface area contributed by atoms with Crippen LogP contribution in [0.3, 0.4) is 0 Å². The van der Waals surface area contributed by atoms with Crippen LogP contribution in [0, 0.1) is 0 Å². The van der Waals surface area contributed by atoms with E-state index in [9.17, 15) is 9.59 Å². The van der Waals surface area contributed by atoms with Crippen LogP contribution in [0.25, 0.3) is 0 Å². The molecule has 1 saturated heterocycles. The number of esters is 2. The number of anilines is 1. The third kappa shape index (κ3) is 3.27. The fourth-order valence-corrected chi connectivity index (χ4v) is 2.73. The lowest BCUT2D eigenvalue weighted by atomic mass is 10.3. The molecule has 1 fully saturated rings. The Hall–Kier alpha value is -2.19.